The summed E-state index contributed by atoms with van der Waals surface area (Å²) in [7, 11) is 0. The fourth-order valence-corrected chi connectivity index (χ4v) is 2.56. The van der Waals surface area contributed by atoms with E-state index in [1.807, 2.05) is 24.3 Å². The van der Waals surface area contributed by atoms with E-state index in [-0.39, 0.29) is 0 Å². The third kappa shape index (κ3) is 2.51. The lowest BCUT2D eigenvalue weighted by Gasteiger charge is -2.03. The number of anilines is 1. The van der Waals surface area contributed by atoms with Crippen LogP contribution in [0, 0.1) is 0 Å². The first-order valence-electron chi connectivity index (χ1n) is 6.59. The fraction of sp³-hybridized carbons (Fsp3) is 0.188. The quantitative estimate of drug-likeness (QED) is 0.708. The third-order valence-corrected chi connectivity index (χ3v) is 3.81. The summed E-state index contributed by atoms with van der Waals surface area (Å²) in [5, 5.41) is 3.30. The Labute approximate surface area is 122 Å². The molecule has 0 spiro atoms. The van der Waals surface area contributed by atoms with Gasteiger partial charge in [-0.1, -0.05) is 6.07 Å². The SMILES string of the molecule is CCNc1cccc(-c2nc3cc(SC)ccc3o2)c1. The summed E-state index contributed by atoms with van der Waals surface area (Å²) in [6.07, 6.45) is 2.06. The average molecular weight is 284 g/mol. The molecule has 3 rings (SSSR count). The molecule has 1 N–H and O–H groups in total. The maximum absolute atomic E-state index is 5.84. The van der Waals surface area contributed by atoms with Gasteiger partial charge in [0, 0.05) is 22.7 Å². The van der Waals surface area contributed by atoms with Gasteiger partial charge in [0.25, 0.3) is 0 Å². The molecule has 0 saturated carbocycles. The van der Waals surface area contributed by atoms with Gasteiger partial charge in [0.05, 0.1) is 0 Å². The number of hydrogen-bond donors (Lipinski definition) is 1. The zero-order valence-corrected chi connectivity index (χ0v) is 12.3. The van der Waals surface area contributed by atoms with Gasteiger partial charge >= 0.3 is 0 Å². The summed E-state index contributed by atoms with van der Waals surface area (Å²) in [4.78, 5) is 5.78. The van der Waals surface area contributed by atoms with Crippen LogP contribution in [0.25, 0.3) is 22.6 Å². The van der Waals surface area contributed by atoms with Crippen LogP contribution in [0.15, 0.2) is 51.8 Å². The number of nitrogens with zero attached hydrogens (tertiary/aromatic N) is 1. The van der Waals surface area contributed by atoms with Crippen molar-refractivity contribution in [1.29, 1.82) is 0 Å². The molecule has 0 amide bonds. The van der Waals surface area contributed by atoms with E-state index in [9.17, 15) is 0 Å². The molecule has 0 radical (unpaired) electrons. The van der Waals surface area contributed by atoms with Crippen LogP contribution in [-0.2, 0) is 0 Å². The second-order valence-corrected chi connectivity index (χ2v) is 5.34. The van der Waals surface area contributed by atoms with Crippen molar-refractivity contribution in [3.63, 3.8) is 0 Å². The van der Waals surface area contributed by atoms with Crippen molar-refractivity contribution in [2.24, 2.45) is 0 Å². The molecular weight excluding hydrogens is 268 g/mol. The number of nitrogens with one attached hydrogen (secondary N) is 1. The van der Waals surface area contributed by atoms with Crippen molar-refractivity contribution in [2.75, 3.05) is 18.1 Å². The Morgan fingerprint density at radius 1 is 1.20 bits per heavy atom. The molecule has 0 atom stereocenters. The Morgan fingerprint density at radius 3 is 2.90 bits per heavy atom. The first-order chi connectivity index (χ1) is 9.80. The van der Waals surface area contributed by atoms with E-state index in [2.05, 4.69) is 41.7 Å². The summed E-state index contributed by atoms with van der Waals surface area (Å²) >= 11 is 1.71. The maximum Gasteiger partial charge on any atom is 0.227 e. The Hall–Kier alpha value is -1.94. The third-order valence-electron chi connectivity index (χ3n) is 3.09. The molecule has 3 aromatic rings. The predicted molar refractivity (Wildman–Crippen MR) is 85.4 cm³/mol. The van der Waals surface area contributed by atoms with Gasteiger partial charge < -0.3 is 9.73 Å². The average Bonchev–Trinajstić information content (AvgIpc) is 2.90. The van der Waals surface area contributed by atoms with Crippen LogP contribution in [0.1, 0.15) is 6.92 Å². The van der Waals surface area contributed by atoms with Gasteiger partial charge in [0.15, 0.2) is 5.58 Å². The number of fused-ring (bicyclic) bond motifs is 1. The normalized spacial score (nSPS) is 10.9. The first kappa shape index (κ1) is 13.1. The molecule has 0 saturated heterocycles. The minimum absolute atomic E-state index is 0.665. The lowest BCUT2D eigenvalue weighted by atomic mass is 10.2. The summed E-state index contributed by atoms with van der Waals surface area (Å²) in [6, 6.07) is 14.2. The zero-order chi connectivity index (χ0) is 13.9. The smallest absolute Gasteiger partial charge is 0.227 e. The molecule has 0 aliphatic heterocycles. The van der Waals surface area contributed by atoms with Crippen LogP contribution in [-0.4, -0.2) is 17.8 Å². The summed E-state index contributed by atoms with van der Waals surface area (Å²) in [5.41, 5.74) is 3.80. The minimum atomic E-state index is 0.665. The molecule has 20 heavy (non-hydrogen) atoms. The molecule has 102 valence electrons. The van der Waals surface area contributed by atoms with Gasteiger partial charge in [-0.2, -0.15) is 0 Å². The van der Waals surface area contributed by atoms with Gasteiger partial charge in [-0.25, -0.2) is 4.98 Å². The molecule has 0 aliphatic carbocycles. The van der Waals surface area contributed by atoms with Crippen LogP contribution < -0.4 is 5.32 Å². The molecule has 0 bridgehead atoms. The van der Waals surface area contributed by atoms with E-state index in [1.165, 1.54) is 4.90 Å². The number of rotatable bonds is 4. The number of oxazole rings is 1. The Balaban J connectivity index is 2.03. The highest BCUT2D eigenvalue weighted by atomic mass is 32.2. The minimum Gasteiger partial charge on any atom is -0.436 e. The summed E-state index contributed by atoms with van der Waals surface area (Å²) < 4.78 is 5.84. The standard InChI is InChI=1S/C16H16N2OS/c1-3-17-12-6-4-5-11(9-12)16-18-14-10-13(20-2)7-8-15(14)19-16/h4-10,17H,3H2,1-2H3. The van der Waals surface area contributed by atoms with Crippen LogP contribution in [0.5, 0.6) is 0 Å². The van der Waals surface area contributed by atoms with Crippen LogP contribution in [0.2, 0.25) is 0 Å². The van der Waals surface area contributed by atoms with Crippen LogP contribution in [0.3, 0.4) is 0 Å². The van der Waals surface area contributed by atoms with Crippen molar-refractivity contribution in [3.8, 4) is 11.5 Å². The van der Waals surface area contributed by atoms with Crippen molar-refractivity contribution in [3.05, 3.63) is 42.5 Å². The first-order valence-corrected chi connectivity index (χ1v) is 7.81. The van der Waals surface area contributed by atoms with E-state index in [1.54, 1.807) is 11.8 Å². The number of hydrogen-bond acceptors (Lipinski definition) is 4. The largest absolute Gasteiger partial charge is 0.436 e. The second kappa shape index (κ2) is 5.59. The summed E-state index contributed by atoms with van der Waals surface area (Å²) in [5.74, 6) is 0.665. The second-order valence-electron chi connectivity index (χ2n) is 4.46. The Kier molecular flexibility index (Phi) is 3.65. The van der Waals surface area contributed by atoms with Gasteiger partial charge in [-0.05, 0) is 49.6 Å². The molecule has 1 heterocycles. The number of aromatic nitrogens is 1. The number of benzene rings is 2. The molecular formula is C16H16N2OS. The number of thioether (sulfide) groups is 1. The predicted octanol–water partition coefficient (Wildman–Crippen LogP) is 4.65. The topological polar surface area (TPSA) is 38.1 Å². The Bertz CT molecular complexity index is 736. The molecule has 2 aromatic carbocycles. The molecule has 0 fully saturated rings. The lowest BCUT2D eigenvalue weighted by Crippen LogP contribution is -1.95. The maximum atomic E-state index is 5.84. The Morgan fingerprint density at radius 2 is 2.10 bits per heavy atom. The van der Waals surface area contributed by atoms with Gasteiger partial charge in [0.2, 0.25) is 5.89 Å². The molecule has 0 aliphatic rings. The van der Waals surface area contributed by atoms with Gasteiger partial charge in [-0.15, -0.1) is 11.8 Å². The van der Waals surface area contributed by atoms with E-state index < -0.39 is 0 Å². The van der Waals surface area contributed by atoms with Crippen LogP contribution >= 0.6 is 11.8 Å². The highest BCUT2D eigenvalue weighted by molar-refractivity contribution is 7.98. The van der Waals surface area contributed by atoms with E-state index >= 15 is 0 Å². The van der Waals surface area contributed by atoms with Gasteiger partial charge in [-0.3, -0.25) is 0 Å². The lowest BCUT2D eigenvalue weighted by molar-refractivity contribution is 0.620. The molecule has 1 aromatic heterocycles. The van der Waals surface area contributed by atoms with E-state index in [0.717, 1.165) is 28.9 Å². The molecule has 0 unspecified atom stereocenters. The van der Waals surface area contributed by atoms with Crippen molar-refractivity contribution >= 4 is 28.5 Å². The highest BCUT2D eigenvalue weighted by Gasteiger charge is 2.09. The van der Waals surface area contributed by atoms with E-state index in [4.69, 9.17) is 4.42 Å². The fourth-order valence-electron chi connectivity index (χ4n) is 2.12. The van der Waals surface area contributed by atoms with Crippen molar-refractivity contribution < 1.29 is 4.42 Å². The van der Waals surface area contributed by atoms with Crippen molar-refractivity contribution in [1.82, 2.24) is 4.98 Å². The molecule has 3 nitrogen and oxygen atoms in total. The highest BCUT2D eigenvalue weighted by Crippen LogP contribution is 2.28. The van der Waals surface area contributed by atoms with Gasteiger partial charge in [0.1, 0.15) is 5.52 Å². The molecule has 4 heteroatoms. The van der Waals surface area contributed by atoms with Crippen molar-refractivity contribution in [2.45, 2.75) is 11.8 Å². The summed E-state index contributed by atoms with van der Waals surface area (Å²) in [6.45, 7) is 2.98. The van der Waals surface area contributed by atoms with E-state index in [0.29, 0.717) is 5.89 Å². The zero-order valence-electron chi connectivity index (χ0n) is 11.5. The van der Waals surface area contributed by atoms with Crippen LogP contribution in [0.4, 0.5) is 5.69 Å². The monoisotopic (exact) mass is 284 g/mol.